The number of carbonyl (C=O) groups excluding carboxylic acids is 1. The first kappa shape index (κ1) is 17.4. The maximum Gasteiger partial charge on any atom is 0.226 e. The minimum absolute atomic E-state index is 0.0790. The van der Waals surface area contributed by atoms with E-state index in [1.165, 1.54) is 17.4 Å². The normalized spacial score (nSPS) is 19.3. The van der Waals surface area contributed by atoms with Gasteiger partial charge in [-0.25, -0.2) is 0 Å². The Kier molecular flexibility index (Phi) is 4.34. The zero-order valence-corrected chi connectivity index (χ0v) is 16.3. The molecule has 2 aromatic carbocycles. The third-order valence-corrected chi connectivity index (χ3v) is 6.26. The van der Waals surface area contributed by atoms with Crippen LogP contribution in [-0.4, -0.2) is 28.9 Å². The molecule has 4 nitrogen and oxygen atoms in total. The molecule has 0 spiro atoms. The summed E-state index contributed by atoms with van der Waals surface area (Å²) in [6, 6.07) is 16.6. The molecule has 1 aliphatic carbocycles. The Balaban J connectivity index is 1.63. The van der Waals surface area contributed by atoms with Gasteiger partial charge in [0.15, 0.2) is 0 Å². The average molecular weight is 374 g/mol. The molecule has 0 bridgehead atoms. The Morgan fingerprint density at radius 1 is 1.18 bits per heavy atom. The molecule has 5 rings (SSSR count). The van der Waals surface area contributed by atoms with Crippen LogP contribution in [0.2, 0.25) is 0 Å². The molecule has 3 aromatic rings. The fourth-order valence-electron chi connectivity index (χ4n) is 4.66. The van der Waals surface area contributed by atoms with Crippen LogP contribution >= 0.6 is 0 Å². The summed E-state index contributed by atoms with van der Waals surface area (Å²) >= 11 is 0. The van der Waals surface area contributed by atoms with Gasteiger partial charge in [0.05, 0.1) is 12.6 Å². The lowest BCUT2D eigenvalue weighted by atomic mass is 9.82. The lowest BCUT2D eigenvalue weighted by Crippen LogP contribution is -2.45. The molecule has 0 saturated heterocycles. The van der Waals surface area contributed by atoms with Crippen LogP contribution in [0.15, 0.2) is 48.5 Å². The molecule has 1 aromatic heterocycles. The van der Waals surface area contributed by atoms with E-state index in [9.17, 15) is 4.79 Å². The number of nitrogens with one attached hydrogen (secondary N) is 1. The van der Waals surface area contributed by atoms with Gasteiger partial charge in [0.25, 0.3) is 0 Å². The number of aromatic nitrogens is 1. The molecule has 1 aliphatic heterocycles. The van der Waals surface area contributed by atoms with E-state index in [1.54, 1.807) is 0 Å². The molecule has 2 heterocycles. The summed E-state index contributed by atoms with van der Waals surface area (Å²) in [7, 11) is 0. The van der Waals surface area contributed by atoms with Crippen LogP contribution in [0.25, 0.3) is 10.9 Å². The second-order valence-corrected chi connectivity index (χ2v) is 7.88. The maximum atomic E-state index is 13.3. The summed E-state index contributed by atoms with van der Waals surface area (Å²) in [4.78, 5) is 19.0. The standard InChI is InChI=1S/C24H26N2O2/c1-2-28-18-10-6-9-17(15-18)23-22-20(19-11-3-4-12-21(19)25-22)13-14-26(23)24(27)16-7-5-8-16/h3-4,6,9-12,15-16,23,25H,2,5,7-8,13-14H2,1H3/t23-/m1/s1. The fraction of sp³-hybridized carbons (Fsp3) is 0.375. The highest BCUT2D eigenvalue weighted by atomic mass is 16.5. The first-order valence-corrected chi connectivity index (χ1v) is 10.4. The third kappa shape index (κ3) is 2.79. The van der Waals surface area contributed by atoms with Crippen molar-refractivity contribution in [3.05, 3.63) is 65.4 Å². The van der Waals surface area contributed by atoms with E-state index in [0.717, 1.165) is 48.3 Å². The van der Waals surface area contributed by atoms with Crippen molar-refractivity contribution in [2.45, 2.75) is 38.6 Å². The van der Waals surface area contributed by atoms with E-state index in [4.69, 9.17) is 4.74 Å². The summed E-state index contributed by atoms with van der Waals surface area (Å²) in [6.45, 7) is 3.40. The van der Waals surface area contributed by atoms with Crippen LogP contribution in [0.4, 0.5) is 0 Å². The van der Waals surface area contributed by atoms with Crippen LogP contribution in [0.5, 0.6) is 5.75 Å². The Labute approximate surface area is 165 Å². The number of aromatic amines is 1. The van der Waals surface area contributed by atoms with Crippen molar-refractivity contribution in [1.82, 2.24) is 9.88 Å². The number of rotatable bonds is 4. The number of nitrogens with zero attached hydrogens (tertiary/aromatic N) is 1. The number of hydrogen-bond acceptors (Lipinski definition) is 2. The topological polar surface area (TPSA) is 45.3 Å². The molecule has 4 heteroatoms. The summed E-state index contributed by atoms with van der Waals surface area (Å²) in [5, 5.41) is 1.28. The van der Waals surface area contributed by atoms with Gasteiger partial charge in [0.1, 0.15) is 5.75 Å². The molecular weight excluding hydrogens is 348 g/mol. The zero-order chi connectivity index (χ0) is 19.1. The van der Waals surface area contributed by atoms with E-state index in [0.29, 0.717) is 12.5 Å². The Bertz CT molecular complexity index is 1020. The number of para-hydroxylation sites is 1. The van der Waals surface area contributed by atoms with Crippen molar-refractivity contribution in [2.75, 3.05) is 13.2 Å². The monoisotopic (exact) mass is 374 g/mol. The van der Waals surface area contributed by atoms with E-state index < -0.39 is 0 Å². The van der Waals surface area contributed by atoms with Crippen LogP contribution in [0.1, 0.15) is 49.0 Å². The molecule has 1 N–H and O–H groups in total. The van der Waals surface area contributed by atoms with E-state index in [1.807, 2.05) is 19.1 Å². The third-order valence-electron chi connectivity index (χ3n) is 6.26. The zero-order valence-electron chi connectivity index (χ0n) is 16.3. The van der Waals surface area contributed by atoms with E-state index in [2.05, 4.69) is 46.3 Å². The molecule has 2 aliphatic rings. The number of ether oxygens (including phenoxy) is 1. The Morgan fingerprint density at radius 2 is 2.04 bits per heavy atom. The first-order chi connectivity index (χ1) is 13.8. The first-order valence-electron chi connectivity index (χ1n) is 10.4. The van der Waals surface area contributed by atoms with Crippen LogP contribution < -0.4 is 4.74 Å². The number of H-pyrrole nitrogens is 1. The van der Waals surface area contributed by atoms with Gasteiger partial charge in [-0.05, 0) is 55.5 Å². The highest BCUT2D eigenvalue weighted by molar-refractivity contribution is 5.87. The van der Waals surface area contributed by atoms with Crippen molar-refractivity contribution >= 4 is 16.8 Å². The fourth-order valence-corrected chi connectivity index (χ4v) is 4.66. The highest BCUT2D eigenvalue weighted by Gasteiger charge is 2.38. The predicted octanol–water partition coefficient (Wildman–Crippen LogP) is 4.84. The molecule has 0 radical (unpaired) electrons. The van der Waals surface area contributed by atoms with Crippen LogP contribution in [0.3, 0.4) is 0 Å². The quantitative estimate of drug-likeness (QED) is 0.710. The number of benzene rings is 2. The highest BCUT2D eigenvalue weighted by Crippen LogP contribution is 2.41. The number of amides is 1. The van der Waals surface area contributed by atoms with E-state index >= 15 is 0 Å². The number of fused-ring (bicyclic) bond motifs is 3. The number of carbonyl (C=O) groups is 1. The van der Waals surface area contributed by atoms with Crippen molar-refractivity contribution in [2.24, 2.45) is 5.92 Å². The molecule has 1 saturated carbocycles. The molecular formula is C24H26N2O2. The van der Waals surface area contributed by atoms with Gasteiger partial charge in [-0.1, -0.05) is 36.8 Å². The Hall–Kier alpha value is -2.75. The van der Waals surface area contributed by atoms with Gasteiger partial charge in [-0.15, -0.1) is 0 Å². The second-order valence-electron chi connectivity index (χ2n) is 7.88. The average Bonchev–Trinajstić information content (AvgIpc) is 3.05. The largest absolute Gasteiger partial charge is 0.494 e. The predicted molar refractivity (Wildman–Crippen MR) is 111 cm³/mol. The van der Waals surface area contributed by atoms with Gasteiger partial charge in [-0.3, -0.25) is 4.79 Å². The maximum absolute atomic E-state index is 13.3. The van der Waals surface area contributed by atoms with Crippen LogP contribution in [0, 0.1) is 5.92 Å². The molecule has 1 amide bonds. The van der Waals surface area contributed by atoms with Gasteiger partial charge < -0.3 is 14.6 Å². The minimum Gasteiger partial charge on any atom is -0.494 e. The summed E-state index contributed by atoms with van der Waals surface area (Å²) < 4.78 is 5.75. The summed E-state index contributed by atoms with van der Waals surface area (Å²) in [5.41, 5.74) is 4.77. The molecule has 0 unspecified atom stereocenters. The van der Waals surface area contributed by atoms with Gasteiger partial charge in [-0.2, -0.15) is 0 Å². The van der Waals surface area contributed by atoms with Crippen molar-refractivity contribution in [1.29, 1.82) is 0 Å². The molecule has 28 heavy (non-hydrogen) atoms. The van der Waals surface area contributed by atoms with E-state index in [-0.39, 0.29) is 12.0 Å². The second kappa shape index (κ2) is 7.01. The SMILES string of the molecule is CCOc1cccc([C@@H]2c3[nH]c4ccccc4c3CCN2C(=O)C2CCC2)c1. The van der Waals surface area contributed by atoms with Crippen molar-refractivity contribution in [3.8, 4) is 5.75 Å². The lowest BCUT2D eigenvalue weighted by molar-refractivity contribution is -0.140. The van der Waals surface area contributed by atoms with Gasteiger partial charge >= 0.3 is 0 Å². The lowest BCUT2D eigenvalue weighted by Gasteiger charge is -2.40. The van der Waals surface area contributed by atoms with Crippen molar-refractivity contribution in [3.63, 3.8) is 0 Å². The molecule has 144 valence electrons. The van der Waals surface area contributed by atoms with Gasteiger partial charge in [0.2, 0.25) is 5.91 Å². The minimum atomic E-state index is -0.0790. The molecule has 1 fully saturated rings. The van der Waals surface area contributed by atoms with Crippen LogP contribution in [-0.2, 0) is 11.2 Å². The smallest absolute Gasteiger partial charge is 0.226 e. The Morgan fingerprint density at radius 3 is 2.82 bits per heavy atom. The summed E-state index contributed by atoms with van der Waals surface area (Å²) in [5.74, 6) is 1.37. The number of hydrogen-bond donors (Lipinski definition) is 1. The summed E-state index contributed by atoms with van der Waals surface area (Å²) in [6.07, 6.45) is 4.13. The molecule has 1 atom stereocenters. The van der Waals surface area contributed by atoms with Crippen molar-refractivity contribution < 1.29 is 9.53 Å². The van der Waals surface area contributed by atoms with Gasteiger partial charge in [0, 0.05) is 29.1 Å².